The molecule has 2 N–H and O–H groups in total. The van der Waals surface area contributed by atoms with Gasteiger partial charge in [0.05, 0.1) is 7.11 Å². The molecule has 146 valence electrons. The van der Waals surface area contributed by atoms with Crippen molar-refractivity contribution >= 4 is 29.1 Å². The zero-order valence-electron chi connectivity index (χ0n) is 15.8. The molecule has 1 aliphatic carbocycles. The van der Waals surface area contributed by atoms with Crippen LogP contribution in [0.25, 0.3) is 11.1 Å². The van der Waals surface area contributed by atoms with Crippen molar-refractivity contribution in [1.29, 1.82) is 0 Å². The van der Waals surface area contributed by atoms with Crippen LogP contribution >= 0.6 is 12.2 Å². The number of hydrogen-bond donors (Lipinski definition) is 2. The normalized spacial score (nSPS) is 11.9. The maximum atomic E-state index is 12.2. The van der Waals surface area contributed by atoms with Gasteiger partial charge in [-0.05, 0) is 58.7 Å². The van der Waals surface area contributed by atoms with E-state index in [1.807, 2.05) is 36.4 Å². The Bertz CT molecular complexity index is 1000. The number of carbonyl (C=O) groups is 1. The Morgan fingerprint density at radius 2 is 1.52 bits per heavy atom. The molecule has 0 bridgehead atoms. The second kappa shape index (κ2) is 8.32. The predicted molar refractivity (Wildman–Crippen MR) is 117 cm³/mol. The zero-order chi connectivity index (χ0) is 20.2. The van der Waals surface area contributed by atoms with E-state index in [9.17, 15) is 4.79 Å². The number of anilines is 1. The Labute approximate surface area is 174 Å². The number of amides is 1. The molecule has 0 spiro atoms. The minimum atomic E-state index is -0.585. The van der Waals surface area contributed by atoms with E-state index in [0.717, 1.165) is 11.4 Å². The lowest BCUT2D eigenvalue weighted by atomic mass is 9.98. The summed E-state index contributed by atoms with van der Waals surface area (Å²) in [5, 5.41) is 5.68. The summed E-state index contributed by atoms with van der Waals surface area (Å²) in [6, 6.07) is 23.6. The van der Waals surface area contributed by atoms with E-state index in [1.54, 1.807) is 19.2 Å². The highest BCUT2D eigenvalue weighted by atomic mass is 32.1. The highest BCUT2D eigenvalue weighted by Gasteiger charge is 2.29. The first-order valence-corrected chi connectivity index (χ1v) is 9.63. The van der Waals surface area contributed by atoms with Crippen molar-refractivity contribution in [2.45, 2.75) is 5.92 Å². The van der Waals surface area contributed by atoms with Gasteiger partial charge < -0.3 is 14.8 Å². The lowest BCUT2D eigenvalue weighted by molar-refractivity contribution is 0.148. The van der Waals surface area contributed by atoms with Crippen molar-refractivity contribution in [3.05, 3.63) is 83.9 Å². The quantitative estimate of drug-likeness (QED) is 0.604. The van der Waals surface area contributed by atoms with E-state index in [4.69, 9.17) is 21.7 Å². The van der Waals surface area contributed by atoms with Crippen LogP contribution < -0.4 is 15.4 Å². The van der Waals surface area contributed by atoms with Crippen LogP contribution in [0.2, 0.25) is 0 Å². The zero-order valence-corrected chi connectivity index (χ0v) is 16.7. The molecule has 3 aromatic carbocycles. The molecular weight excluding hydrogens is 384 g/mol. The molecule has 0 heterocycles. The smallest absolute Gasteiger partial charge is 0.413 e. The molecule has 0 aliphatic heterocycles. The summed E-state index contributed by atoms with van der Waals surface area (Å²) in [7, 11) is 1.60. The maximum Gasteiger partial charge on any atom is 0.413 e. The second-order valence-corrected chi connectivity index (χ2v) is 7.04. The van der Waals surface area contributed by atoms with Crippen LogP contribution in [-0.4, -0.2) is 24.9 Å². The number of alkyl carbamates (subject to hydrolysis) is 1. The fraction of sp³-hybridized carbons (Fsp3) is 0.130. The summed E-state index contributed by atoms with van der Waals surface area (Å²) in [6.07, 6.45) is -0.585. The van der Waals surface area contributed by atoms with Crippen molar-refractivity contribution in [2.24, 2.45) is 0 Å². The minimum Gasteiger partial charge on any atom is -0.497 e. The molecule has 29 heavy (non-hydrogen) atoms. The predicted octanol–water partition coefficient (Wildman–Crippen LogP) is 4.93. The third-order valence-corrected chi connectivity index (χ3v) is 5.11. The fourth-order valence-corrected chi connectivity index (χ4v) is 3.77. The molecular formula is C23H20N2O3S. The summed E-state index contributed by atoms with van der Waals surface area (Å²) in [4.78, 5) is 12.2. The van der Waals surface area contributed by atoms with Crippen LogP contribution in [0.3, 0.4) is 0 Å². The largest absolute Gasteiger partial charge is 0.497 e. The number of benzene rings is 3. The standard InChI is InChI=1S/C23H20N2O3S/c1-27-16-12-10-15(11-13-16)24-22(29)25-23(26)28-14-21-19-8-4-2-6-17(19)18-7-3-5-9-20(18)21/h2-13,21H,14H2,1H3,(H2,24,25,26,29). The number of nitrogens with one attached hydrogen (secondary N) is 2. The summed E-state index contributed by atoms with van der Waals surface area (Å²) in [5.74, 6) is 0.752. The lowest BCUT2D eigenvalue weighted by Gasteiger charge is -2.15. The highest BCUT2D eigenvalue weighted by molar-refractivity contribution is 7.80. The number of methoxy groups -OCH3 is 1. The first-order valence-electron chi connectivity index (χ1n) is 9.23. The molecule has 4 rings (SSSR count). The average molecular weight is 404 g/mol. The molecule has 0 saturated heterocycles. The molecule has 5 nitrogen and oxygen atoms in total. The van der Waals surface area contributed by atoms with Gasteiger partial charge in [-0.2, -0.15) is 0 Å². The van der Waals surface area contributed by atoms with Gasteiger partial charge in [-0.1, -0.05) is 48.5 Å². The van der Waals surface area contributed by atoms with Crippen molar-refractivity contribution in [3.63, 3.8) is 0 Å². The molecule has 0 atom stereocenters. The molecule has 1 aliphatic rings. The highest BCUT2D eigenvalue weighted by Crippen LogP contribution is 2.44. The van der Waals surface area contributed by atoms with Crippen molar-refractivity contribution in [2.75, 3.05) is 19.0 Å². The summed E-state index contributed by atoms with van der Waals surface area (Å²) < 4.78 is 10.6. The van der Waals surface area contributed by atoms with E-state index in [0.29, 0.717) is 0 Å². The van der Waals surface area contributed by atoms with Crippen LogP contribution in [0.1, 0.15) is 17.0 Å². The van der Waals surface area contributed by atoms with E-state index in [-0.39, 0.29) is 17.6 Å². The van der Waals surface area contributed by atoms with E-state index >= 15 is 0 Å². The number of hydrogen-bond acceptors (Lipinski definition) is 4. The van der Waals surface area contributed by atoms with Crippen LogP contribution in [0, 0.1) is 0 Å². The van der Waals surface area contributed by atoms with E-state index < -0.39 is 6.09 Å². The molecule has 0 aromatic heterocycles. The first-order chi connectivity index (χ1) is 14.2. The van der Waals surface area contributed by atoms with Gasteiger partial charge in [0, 0.05) is 11.6 Å². The van der Waals surface area contributed by atoms with Gasteiger partial charge in [-0.25, -0.2) is 4.79 Å². The Morgan fingerprint density at radius 3 is 2.10 bits per heavy atom. The number of ether oxygens (including phenoxy) is 2. The summed E-state index contributed by atoms with van der Waals surface area (Å²) in [6.45, 7) is 0.241. The third kappa shape index (κ3) is 4.07. The molecule has 0 saturated carbocycles. The molecule has 1 amide bonds. The summed E-state index contributed by atoms with van der Waals surface area (Å²) in [5.41, 5.74) is 5.46. The molecule has 0 unspecified atom stereocenters. The molecule has 3 aromatic rings. The second-order valence-electron chi connectivity index (χ2n) is 6.63. The van der Waals surface area contributed by atoms with Crippen molar-refractivity contribution in [3.8, 4) is 16.9 Å². The molecule has 0 radical (unpaired) electrons. The summed E-state index contributed by atoms with van der Waals surface area (Å²) >= 11 is 5.19. The average Bonchev–Trinajstić information content (AvgIpc) is 3.06. The van der Waals surface area contributed by atoms with Crippen LogP contribution in [0.4, 0.5) is 10.5 Å². The van der Waals surface area contributed by atoms with Gasteiger partial charge in [0.25, 0.3) is 0 Å². The van der Waals surface area contributed by atoms with Gasteiger partial charge in [-0.15, -0.1) is 0 Å². The number of thiocarbonyl (C=S) groups is 1. The van der Waals surface area contributed by atoms with E-state index in [1.165, 1.54) is 22.3 Å². The van der Waals surface area contributed by atoms with Crippen molar-refractivity contribution < 1.29 is 14.3 Å². The van der Waals surface area contributed by atoms with Crippen LogP contribution in [0.5, 0.6) is 5.75 Å². The Balaban J connectivity index is 1.36. The minimum absolute atomic E-state index is 0.0104. The van der Waals surface area contributed by atoms with Gasteiger partial charge in [-0.3, -0.25) is 5.32 Å². The van der Waals surface area contributed by atoms with Gasteiger partial charge in [0.15, 0.2) is 5.11 Å². The number of fused-ring (bicyclic) bond motifs is 3. The molecule has 6 heteroatoms. The van der Waals surface area contributed by atoms with Crippen LogP contribution in [0.15, 0.2) is 72.8 Å². The fourth-order valence-electron chi connectivity index (χ4n) is 3.56. The van der Waals surface area contributed by atoms with Gasteiger partial charge in [0.2, 0.25) is 0 Å². The van der Waals surface area contributed by atoms with Crippen LogP contribution in [-0.2, 0) is 4.74 Å². The number of carbonyl (C=O) groups excluding carboxylic acids is 1. The SMILES string of the molecule is COc1ccc(NC(=S)NC(=O)OCC2c3ccccc3-c3ccccc32)cc1. The number of rotatable bonds is 4. The Morgan fingerprint density at radius 1 is 0.931 bits per heavy atom. The third-order valence-electron chi connectivity index (χ3n) is 4.91. The first kappa shape index (κ1) is 19.0. The monoisotopic (exact) mass is 404 g/mol. The Hall–Kier alpha value is -3.38. The van der Waals surface area contributed by atoms with Gasteiger partial charge >= 0.3 is 6.09 Å². The van der Waals surface area contributed by atoms with E-state index in [2.05, 4.69) is 34.9 Å². The maximum absolute atomic E-state index is 12.2. The topological polar surface area (TPSA) is 59.6 Å². The van der Waals surface area contributed by atoms with Gasteiger partial charge in [0.1, 0.15) is 12.4 Å². The molecule has 0 fully saturated rings. The Kier molecular flexibility index (Phi) is 5.44. The lowest BCUT2D eigenvalue weighted by Crippen LogP contribution is -2.35. The van der Waals surface area contributed by atoms with Crippen molar-refractivity contribution in [1.82, 2.24) is 5.32 Å².